The topological polar surface area (TPSA) is 15.8 Å². The van der Waals surface area contributed by atoms with Crippen LogP contribution in [0.25, 0.3) is 0 Å². The van der Waals surface area contributed by atoms with E-state index in [9.17, 15) is 0 Å². The fraction of sp³-hybridized carbons (Fsp3) is 0.667. The Morgan fingerprint density at radius 2 is 1.77 bits per heavy atom. The molecule has 0 atom stereocenters. The molecule has 1 aromatic rings. The van der Waals surface area contributed by atoms with E-state index in [1.165, 1.54) is 17.0 Å². The van der Waals surface area contributed by atoms with Gasteiger partial charge in [0.1, 0.15) is 0 Å². The van der Waals surface area contributed by atoms with E-state index in [2.05, 4.69) is 52.6 Å². The molecule has 1 N–H and O–H groups in total. The van der Waals surface area contributed by atoms with Crippen molar-refractivity contribution in [1.82, 2.24) is 4.98 Å². The maximum absolute atomic E-state index is 3.47. The van der Waals surface area contributed by atoms with Crippen LogP contribution in [0.15, 0.2) is 6.07 Å². The van der Waals surface area contributed by atoms with Crippen LogP contribution in [0, 0.1) is 6.92 Å². The molecular formula is C12H21N. The summed E-state index contributed by atoms with van der Waals surface area (Å²) in [5.74, 6) is 0.618. The van der Waals surface area contributed by atoms with E-state index in [4.69, 9.17) is 0 Å². The van der Waals surface area contributed by atoms with Gasteiger partial charge >= 0.3 is 0 Å². The number of nitrogens with one attached hydrogen (secondary N) is 1. The van der Waals surface area contributed by atoms with Gasteiger partial charge in [0, 0.05) is 16.8 Å². The van der Waals surface area contributed by atoms with E-state index in [0.717, 1.165) is 0 Å². The van der Waals surface area contributed by atoms with Crippen LogP contribution in [0.2, 0.25) is 0 Å². The number of H-pyrrole nitrogens is 1. The second kappa shape index (κ2) is 3.21. The van der Waals surface area contributed by atoms with Crippen molar-refractivity contribution in [3.8, 4) is 0 Å². The molecule has 0 amide bonds. The lowest BCUT2D eigenvalue weighted by Crippen LogP contribution is -2.11. The van der Waals surface area contributed by atoms with Gasteiger partial charge in [0.25, 0.3) is 0 Å². The van der Waals surface area contributed by atoms with Crippen molar-refractivity contribution in [3.05, 3.63) is 23.0 Å². The molecule has 1 aromatic heterocycles. The molecule has 0 unspecified atom stereocenters. The van der Waals surface area contributed by atoms with E-state index in [-0.39, 0.29) is 5.41 Å². The molecule has 0 saturated carbocycles. The van der Waals surface area contributed by atoms with E-state index < -0.39 is 0 Å². The Balaban J connectivity index is 3.10. The summed E-state index contributed by atoms with van der Waals surface area (Å²) in [5.41, 5.74) is 4.34. The molecule has 0 saturated heterocycles. The lowest BCUT2D eigenvalue weighted by molar-refractivity contribution is 0.571. The average molecular weight is 179 g/mol. The van der Waals surface area contributed by atoms with Crippen molar-refractivity contribution in [2.75, 3.05) is 0 Å². The maximum atomic E-state index is 3.47. The van der Waals surface area contributed by atoms with Crippen molar-refractivity contribution in [2.24, 2.45) is 0 Å². The molecule has 13 heavy (non-hydrogen) atoms. The summed E-state index contributed by atoms with van der Waals surface area (Å²) < 4.78 is 0. The monoisotopic (exact) mass is 179 g/mol. The number of rotatable bonds is 1. The van der Waals surface area contributed by atoms with Gasteiger partial charge in [0.15, 0.2) is 0 Å². The van der Waals surface area contributed by atoms with E-state index >= 15 is 0 Å². The van der Waals surface area contributed by atoms with E-state index in [0.29, 0.717) is 5.92 Å². The Kier molecular flexibility index (Phi) is 2.56. The van der Waals surface area contributed by atoms with Gasteiger partial charge in [-0.05, 0) is 24.5 Å². The van der Waals surface area contributed by atoms with Crippen molar-refractivity contribution in [1.29, 1.82) is 0 Å². The van der Waals surface area contributed by atoms with Crippen molar-refractivity contribution in [3.63, 3.8) is 0 Å². The first-order chi connectivity index (χ1) is 5.82. The number of hydrogen-bond donors (Lipinski definition) is 1. The smallest absolute Gasteiger partial charge is 0.0206 e. The van der Waals surface area contributed by atoms with Crippen LogP contribution in [0.4, 0.5) is 0 Å². The molecule has 0 bridgehead atoms. The number of aromatic amines is 1. The minimum absolute atomic E-state index is 0.234. The highest BCUT2D eigenvalue weighted by molar-refractivity contribution is 5.30. The van der Waals surface area contributed by atoms with Gasteiger partial charge in [-0.3, -0.25) is 0 Å². The molecule has 0 spiro atoms. The predicted molar refractivity (Wildman–Crippen MR) is 58.3 cm³/mol. The summed E-state index contributed by atoms with van der Waals surface area (Å²) in [5, 5.41) is 0. The molecule has 1 rings (SSSR count). The SMILES string of the molecule is Cc1[nH]c(C(C)(C)C)cc1C(C)C. The van der Waals surface area contributed by atoms with Gasteiger partial charge in [-0.1, -0.05) is 34.6 Å². The van der Waals surface area contributed by atoms with Crippen molar-refractivity contribution >= 4 is 0 Å². The number of hydrogen-bond acceptors (Lipinski definition) is 0. The molecule has 0 aliphatic carbocycles. The van der Waals surface area contributed by atoms with Crippen molar-refractivity contribution < 1.29 is 0 Å². The summed E-state index contributed by atoms with van der Waals surface area (Å²) in [6.07, 6.45) is 0. The second-order valence-corrected chi connectivity index (χ2v) is 5.17. The molecule has 0 aromatic carbocycles. The van der Waals surface area contributed by atoms with Crippen molar-refractivity contribution in [2.45, 2.75) is 52.9 Å². The lowest BCUT2D eigenvalue weighted by Gasteiger charge is -2.15. The van der Waals surface area contributed by atoms with Crippen LogP contribution in [0.5, 0.6) is 0 Å². The second-order valence-electron chi connectivity index (χ2n) is 5.17. The third-order valence-corrected chi connectivity index (χ3v) is 2.49. The first kappa shape index (κ1) is 10.4. The largest absolute Gasteiger partial charge is 0.362 e. The predicted octanol–water partition coefficient (Wildman–Crippen LogP) is 3.74. The Morgan fingerprint density at radius 1 is 1.23 bits per heavy atom. The summed E-state index contributed by atoms with van der Waals surface area (Å²) in [6, 6.07) is 2.31. The quantitative estimate of drug-likeness (QED) is 0.676. The normalized spacial score (nSPS) is 12.5. The highest BCUT2D eigenvalue weighted by Crippen LogP contribution is 2.27. The van der Waals surface area contributed by atoms with Crippen LogP contribution in [-0.2, 0) is 5.41 Å². The Morgan fingerprint density at radius 3 is 2.00 bits per heavy atom. The lowest BCUT2D eigenvalue weighted by atomic mass is 9.91. The first-order valence-corrected chi connectivity index (χ1v) is 5.02. The summed E-state index contributed by atoms with van der Waals surface area (Å²) in [4.78, 5) is 3.47. The maximum Gasteiger partial charge on any atom is 0.0206 e. The zero-order valence-electron chi connectivity index (χ0n) is 9.65. The third kappa shape index (κ3) is 2.15. The average Bonchev–Trinajstić information content (AvgIpc) is 2.29. The molecule has 0 aliphatic rings. The molecule has 0 radical (unpaired) electrons. The van der Waals surface area contributed by atoms with Crippen LogP contribution in [-0.4, -0.2) is 4.98 Å². The van der Waals surface area contributed by atoms with Gasteiger partial charge in [0.2, 0.25) is 0 Å². The first-order valence-electron chi connectivity index (χ1n) is 5.02. The van der Waals surface area contributed by atoms with Gasteiger partial charge in [0.05, 0.1) is 0 Å². The summed E-state index contributed by atoms with van der Waals surface area (Å²) in [6.45, 7) is 13.4. The zero-order chi connectivity index (χ0) is 10.2. The molecule has 1 nitrogen and oxygen atoms in total. The number of aromatic nitrogens is 1. The molecule has 0 aliphatic heterocycles. The van der Waals surface area contributed by atoms with Gasteiger partial charge in [-0.25, -0.2) is 0 Å². The van der Waals surface area contributed by atoms with E-state index in [1.807, 2.05) is 0 Å². The Bertz CT molecular complexity index is 287. The van der Waals surface area contributed by atoms with Crippen LogP contribution in [0.1, 0.15) is 57.5 Å². The van der Waals surface area contributed by atoms with Crippen LogP contribution >= 0.6 is 0 Å². The molecule has 0 fully saturated rings. The fourth-order valence-corrected chi connectivity index (χ4v) is 1.58. The molecular weight excluding hydrogens is 158 g/mol. The zero-order valence-corrected chi connectivity index (χ0v) is 9.65. The van der Waals surface area contributed by atoms with Gasteiger partial charge in [-0.15, -0.1) is 0 Å². The molecule has 1 heteroatoms. The fourth-order valence-electron chi connectivity index (χ4n) is 1.58. The van der Waals surface area contributed by atoms with E-state index in [1.54, 1.807) is 0 Å². The third-order valence-electron chi connectivity index (χ3n) is 2.49. The summed E-state index contributed by atoms with van der Waals surface area (Å²) in [7, 11) is 0. The minimum Gasteiger partial charge on any atom is -0.362 e. The standard InChI is InChI=1S/C12H21N/c1-8(2)10-7-11(12(4,5)6)13-9(10)3/h7-8,13H,1-6H3. The Hall–Kier alpha value is -0.720. The molecule has 74 valence electrons. The van der Waals surface area contributed by atoms with Crippen LogP contribution in [0.3, 0.4) is 0 Å². The number of aryl methyl sites for hydroxylation is 1. The summed E-state index contributed by atoms with van der Waals surface area (Å²) >= 11 is 0. The molecule has 1 heterocycles. The highest BCUT2D eigenvalue weighted by Gasteiger charge is 2.18. The minimum atomic E-state index is 0.234. The van der Waals surface area contributed by atoms with Crippen LogP contribution < -0.4 is 0 Å². The Labute approximate surface area is 81.6 Å². The van der Waals surface area contributed by atoms with Gasteiger partial charge < -0.3 is 4.98 Å². The van der Waals surface area contributed by atoms with Gasteiger partial charge in [-0.2, -0.15) is 0 Å². The highest BCUT2D eigenvalue weighted by atomic mass is 14.7.